The van der Waals surface area contributed by atoms with Gasteiger partial charge in [0.1, 0.15) is 5.82 Å². The van der Waals surface area contributed by atoms with Gasteiger partial charge in [-0.25, -0.2) is 4.68 Å². The maximum Gasteiger partial charge on any atom is 0.133 e. The lowest BCUT2D eigenvalue weighted by Gasteiger charge is -2.16. The SMILES string of the molecule is CC(C)(C)c1nn(-c2ccc(I)cc2)c2c1CCN2. The van der Waals surface area contributed by atoms with E-state index in [2.05, 4.69) is 77.6 Å². The number of hydrogen-bond donors (Lipinski definition) is 1. The van der Waals surface area contributed by atoms with Gasteiger partial charge in [-0.05, 0) is 53.3 Å². The summed E-state index contributed by atoms with van der Waals surface area (Å²) in [5.41, 5.74) is 3.81. The Morgan fingerprint density at radius 2 is 1.89 bits per heavy atom. The molecule has 1 N–H and O–H groups in total. The molecule has 1 aliphatic heterocycles. The fourth-order valence-electron chi connectivity index (χ4n) is 2.55. The van der Waals surface area contributed by atoms with E-state index in [1.807, 2.05) is 0 Å². The molecule has 3 nitrogen and oxygen atoms in total. The highest BCUT2D eigenvalue weighted by Crippen LogP contribution is 2.34. The second-order valence-electron chi connectivity index (χ2n) is 5.99. The van der Waals surface area contributed by atoms with Gasteiger partial charge in [-0.2, -0.15) is 5.10 Å². The van der Waals surface area contributed by atoms with Crippen LogP contribution in [0.2, 0.25) is 0 Å². The zero-order valence-electron chi connectivity index (χ0n) is 11.5. The maximum atomic E-state index is 4.85. The number of rotatable bonds is 1. The van der Waals surface area contributed by atoms with Crippen molar-refractivity contribution >= 4 is 28.4 Å². The smallest absolute Gasteiger partial charge is 0.133 e. The van der Waals surface area contributed by atoms with Gasteiger partial charge in [0.15, 0.2) is 0 Å². The predicted octanol–water partition coefficient (Wildman–Crippen LogP) is 3.74. The second-order valence-corrected chi connectivity index (χ2v) is 7.24. The highest BCUT2D eigenvalue weighted by Gasteiger charge is 2.29. The van der Waals surface area contributed by atoms with Crippen LogP contribution in [0.1, 0.15) is 32.0 Å². The molecule has 2 aromatic rings. The normalized spacial score (nSPS) is 14.3. The van der Waals surface area contributed by atoms with Gasteiger partial charge >= 0.3 is 0 Å². The van der Waals surface area contributed by atoms with Crippen LogP contribution in [0.15, 0.2) is 24.3 Å². The van der Waals surface area contributed by atoms with Gasteiger partial charge in [0.25, 0.3) is 0 Å². The summed E-state index contributed by atoms with van der Waals surface area (Å²) in [5, 5.41) is 8.33. The molecule has 0 saturated carbocycles. The van der Waals surface area contributed by atoms with Gasteiger partial charge < -0.3 is 5.32 Å². The molecule has 1 aromatic heterocycles. The van der Waals surface area contributed by atoms with Crippen molar-refractivity contribution in [2.45, 2.75) is 32.6 Å². The Bertz CT molecular complexity index is 606. The first-order valence-corrected chi connectivity index (χ1v) is 7.67. The first-order chi connectivity index (χ1) is 8.97. The van der Waals surface area contributed by atoms with E-state index in [0.29, 0.717) is 0 Å². The summed E-state index contributed by atoms with van der Waals surface area (Å²) < 4.78 is 3.30. The number of nitrogens with zero attached hydrogens (tertiary/aromatic N) is 2. The zero-order valence-corrected chi connectivity index (χ0v) is 13.7. The summed E-state index contributed by atoms with van der Waals surface area (Å²) in [6, 6.07) is 8.49. The van der Waals surface area contributed by atoms with Crippen molar-refractivity contribution in [1.29, 1.82) is 0 Å². The second kappa shape index (κ2) is 4.51. The van der Waals surface area contributed by atoms with Gasteiger partial charge in [0.05, 0.1) is 11.4 Å². The third-order valence-corrected chi connectivity index (χ3v) is 4.15. The molecular weight excluding hydrogens is 349 g/mol. The van der Waals surface area contributed by atoms with Crippen molar-refractivity contribution in [3.05, 3.63) is 39.1 Å². The average molecular weight is 367 g/mol. The minimum Gasteiger partial charge on any atom is -0.369 e. The summed E-state index contributed by atoms with van der Waals surface area (Å²) in [6.45, 7) is 7.70. The van der Waals surface area contributed by atoms with Crippen LogP contribution in [-0.4, -0.2) is 16.3 Å². The summed E-state index contributed by atoms with van der Waals surface area (Å²) in [4.78, 5) is 0. The number of aromatic nitrogens is 2. The van der Waals surface area contributed by atoms with Crippen molar-refractivity contribution < 1.29 is 0 Å². The molecule has 1 aliphatic rings. The van der Waals surface area contributed by atoms with Gasteiger partial charge in [0.2, 0.25) is 0 Å². The lowest BCUT2D eigenvalue weighted by molar-refractivity contribution is 0.554. The van der Waals surface area contributed by atoms with Crippen LogP contribution in [0.3, 0.4) is 0 Å². The van der Waals surface area contributed by atoms with Gasteiger partial charge in [-0.3, -0.25) is 0 Å². The quantitative estimate of drug-likeness (QED) is 0.779. The number of nitrogens with one attached hydrogen (secondary N) is 1. The first-order valence-electron chi connectivity index (χ1n) is 6.59. The lowest BCUT2D eigenvalue weighted by Crippen LogP contribution is -2.15. The Morgan fingerprint density at radius 1 is 1.21 bits per heavy atom. The van der Waals surface area contributed by atoms with Gasteiger partial charge in [-0.1, -0.05) is 20.8 Å². The van der Waals surface area contributed by atoms with Crippen LogP contribution < -0.4 is 5.32 Å². The lowest BCUT2D eigenvalue weighted by atomic mass is 9.89. The molecule has 19 heavy (non-hydrogen) atoms. The first kappa shape index (κ1) is 13.0. The minimum atomic E-state index is 0.0879. The number of fused-ring (bicyclic) bond motifs is 1. The zero-order chi connectivity index (χ0) is 13.6. The maximum absolute atomic E-state index is 4.85. The third-order valence-electron chi connectivity index (χ3n) is 3.43. The molecule has 0 unspecified atom stereocenters. The van der Waals surface area contributed by atoms with Crippen molar-refractivity contribution in [2.24, 2.45) is 0 Å². The molecule has 0 atom stereocenters. The summed E-state index contributed by atoms with van der Waals surface area (Å²) in [6.07, 6.45) is 1.08. The molecule has 0 aliphatic carbocycles. The molecule has 0 bridgehead atoms. The molecule has 100 valence electrons. The number of halogens is 1. The van der Waals surface area contributed by atoms with Crippen molar-refractivity contribution in [3.8, 4) is 5.69 Å². The van der Waals surface area contributed by atoms with Gasteiger partial charge in [-0.15, -0.1) is 0 Å². The summed E-state index contributed by atoms with van der Waals surface area (Å²) >= 11 is 2.33. The number of benzene rings is 1. The molecule has 2 heterocycles. The van der Waals surface area contributed by atoms with E-state index in [4.69, 9.17) is 5.10 Å². The molecule has 4 heteroatoms. The topological polar surface area (TPSA) is 29.9 Å². The molecule has 0 fully saturated rings. The molecule has 0 saturated heterocycles. The Balaban J connectivity index is 2.15. The van der Waals surface area contributed by atoms with E-state index in [0.717, 1.165) is 18.7 Å². The molecule has 1 aromatic carbocycles. The van der Waals surface area contributed by atoms with E-state index < -0.39 is 0 Å². The van der Waals surface area contributed by atoms with Gasteiger partial charge in [0, 0.05) is 21.1 Å². The highest BCUT2D eigenvalue weighted by molar-refractivity contribution is 14.1. The number of hydrogen-bond acceptors (Lipinski definition) is 2. The van der Waals surface area contributed by atoms with E-state index in [9.17, 15) is 0 Å². The van der Waals surface area contributed by atoms with Crippen LogP contribution in [-0.2, 0) is 11.8 Å². The molecule has 3 rings (SSSR count). The van der Waals surface area contributed by atoms with Crippen LogP contribution in [0.25, 0.3) is 5.69 Å². The Kier molecular flexibility index (Phi) is 3.08. The van der Waals surface area contributed by atoms with Crippen molar-refractivity contribution in [3.63, 3.8) is 0 Å². The van der Waals surface area contributed by atoms with Crippen LogP contribution in [0.4, 0.5) is 5.82 Å². The summed E-state index contributed by atoms with van der Waals surface area (Å²) in [5.74, 6) is 1.17. The van der Waals surface area contributed by atoms with Crippen molar-refractivity contribution in [2.75, 3.05) is 11.9 Å². The Morgan fingerprint density at radius 3 is 2.53 bits per heavy atom. The molecule has 0 spiro atoms. The fourth-order valence-corrected chi connectivity index (χ4v) is 2.91. The van der Waals surface area contributed by atoms with Crippen LogP contribution in [0, 0.1) is 3.57 Å². The Hall–Kier alpha value is -1.04. The standard InChI is InChI=1S/C15H18IN3/c1-15(2,3)13-12-8-9-17-14(12)19(18-13)11-6-4-10(16)5-7-11/h4-7,17H,8-9H2,1-3H3. The highest BCUT2D eigenvalue weighted by atomic mass is 127. The van der Waals surface area contributed by atoms with E-state index in [-0.39, 0.29) is 5.41 Å². The molecular formula is C15H18IN3. The number of anilines is 1. The minimum absolute atomic E-state index is 0.0879. The van der Waals surface area contributed by atoms with Crippen LogP contribution in [0.5, 0.6) is 0 Å². The fraction of sp³-hybridized carbons (Fsp3) is 0.400. The monoisotopic (exact) mass is 367 g/mol. The molecule has 0 amide bonds. The van der Waals surface area contributed by atoms with Crippen LogP contribution >= 0.6 is 22.6 Å². The van der Waals surface area contributed by atoms with E-state index in [1.165, 1.54) is 20.6 Å². The average Bonchev–Trinajstić information content (AvgIpc) is 2.89. The largest absolute Gasteiger partial charge is 0.369 e. The van der Waals surface area contributed by atoms with E-state index >= 15 is 0 Å². The van der Waals surface area contributed by atoms with E-state index in [1.54, 1.807) is 0 Å². The summed E-state index contributed by atoms with van der Waals surface area (Å²) in [7, 11) is 0. The molecule has 0 radical (unpaired) electrons. The Labute approximate surface area is 127 Å². The predicted molar refractivity (Wildman–Crippen MR) is 87.2 cm³/mol. The third kappa shape index (κ3) is 2.26. The van der Waals surface area contributed by atoms with Crippen molar-refractivity contribution in [1.82, 2.24) is 9.78 Å².